The number of halogens is 4. The molecule has 0 unspecified atom stereocenters. The minimum absolute atomic E-state index is 0.0726. The number of aryl methyl sites for hydroxylation is 2. The van der Waals surface area contributed by atoms with Crippen LogP contribution in [0.15, 0.2) is 41.0 Å². The van der Waals surface area contributed by atoms with Crippen molar-refractivity contribution in [2.24, 2.45) is 0 Å². The molecule has 25 heavy (non-hydrogen) atoms. The van der Waals surface area contributed by atoms with E-state index in [2.05, 4.69) is 26.2 Å². The largest absolute Gasteiger partial charge is 0.417 e. The van der Waals surface area contributed by atoms with Gasteiger partial charge in [-0.1, -0.05) is 15.9 Å². The maximum Gasteiger partial charge on any atom is 0.417 e. The Morgan fingerprint density at radius 3 is 2.56 bits per heavy atom. The first-order valence-electron chi connectivity index (χ1n) is 7.30. The highest BCUT2D eigenvalue weighted by molar-refractivity contribution is 9.10. The van der Waals surface area contributed by atoms with E-state index in [1.165, 1.54) is 10.5 Å². The molecule has 0 saturated carbocycles. The van der Waals surface area contributed by atoms with Crippen LogP contribution in [0.4, 0.5) is 18.9 Å². The first kappa shape index (κ1) is 17.5. The number of carbonyl (C=O) groups is 1. The fourth-order valence-corrected chi connectivity index (χ4v) is 3.03. The molecule has 8 heteroatoms. The number of fused-ring (bicyclic) bond motifs is 1. The number of amides is 1. The van der Waals surface area contributed by atoms with Crippen LogP contribution in [-0.2, 0) is 6.18 Å². The Balaban J connectivity index is 2.04. The third-order valence-electron chi connectivity index (χ3n) is 3.77. The summed E-state index contributed by atoms with van der Waals surface area (Å²) >= 11 is 3.34. The Morgan fingerprint density at radius 2 is 1.92 bits per heavy atom. The van der Waals surface area contributed by atoms with Crippen LogP contribution < -0.4 is 5.32 Å². The number of hydrogen-bond acceptors (Lipinski definition) is 2. The lowest BCUT2D eigenvalue weighted by atomic mass is 10.2. The molecule has 0 aliphatic rings. The van der Waals surface area contributed by atoms with Gasteiger partial charge in [0.25, 0.3) is 5.91 Å². The summed E-state index contributed by atoms with van der Waals surface area (Å²) in [6.07, 6.45) is -3.61. The number of nitrogens with one attached hydrogen (secondary N) is 1. The zero-order chi connectivity index (χ0) is 18.4. The minimum Gasteiger partial charge on any atom is -0.320 e. The highest BCUT2D eigenvalue weighted by Gasteiger charge is 2.31. The quantitative estimate of drug-likeness (QED) is 0.645. The van der Waals surface area contributed by atoms with Crippen LogP contribution in [0, 0.1) is 13.8 Å². The van der Waals surface area contributed by atoms with Crippen LogP contribution in [0.5, 0.6) is 0 Å². The molecule has 2 heterocycles. The van der Waals surface area contributed by atoms with Crippen LogP contribution in [-0.4, -0.2) is 15.3 Å². The summed E-state index contributed by atoms with van der Waals surface area (Å²) in [6, 6.07) is 7.52. The number of imidazole rings is 1. The summed E-state index contributed by atoms with van der Waals surface area (Å²) < 4.78 is 40.9. The van der Waals surface area contributed by atoms with Crippen LogP contribution in [0.1, 0.15) is 27.3 Å². The lowest BCUT2D eigenvalue weighted by molar-refractivity contribution is -0.137. The molecule has 0 fully saturated rings. The van der Waals surface area contributed by atoms with Crippen molar-refractivity contribution in [3.8, 4) is 0 Å². The topological polar surface area (TPSA) is 46.4 Å². The fraction of sp³-hybridized carbons (Fsp3) is 0.176. The highest BCUT2D eigenvalue weighted by atomic mass is 79.9. The predicted molar refractivity (Wildman–Crippen MR) is 91.8 cm³/mol. The van der Waals surface area contributed by atoms with E-state index < -0.39 is 17.6 Å². The van der Waals surface area contributed by atoms with Crippen molar-refractivity contribution < 1.29 is 18.0 Å². The number of pyridine rings is 1. The molecule has 0 bridgehead atoms. The summed E-state index contributed by atoms with van der Waals surface area (Å²) in [6.45, 7) is 3.41. The molecule has 1 amide bonds. The molecule has 130 valence electrons. The summed E-state index contributed by atoms with van der Waals surface area (Å²) in [4.78, 5) is 16.8. The highest BCUT2D eigenvalue weighted by Crippen LogP contribution is 2.30. The molecule has 3 aromatic rings. The second-order valence-electron chi connectivity index (χ2n) is 5.60. The number of alkyl halides is 3. The summed E-state index contributed by atoms with van der Waals surface area (Å²) in [5, 5.41) is 2.73. The van der Waals surface area contributed by atoms with Crippen molar-refractivity contribution >= 4 is 33.2 Å². The van der Waals surface area contributed by atoms with Crippen molar-refractivity contribution in [2.75, 3.05) is 5.32 Å². The number of aromatic nitrogens is 2. The molecule has 0 spiro atoms. The van der Waals surface area contributed by atoms with Gasteiger partial charge in [-0.3, -0.25) is 9.20 Å². The van der Waals surface area contributed by atoms with Gasteiger partial charge in [-0.2, -0.15) is 13.2 Å². The van der Waals surface area contributed by atoms with Gasteiger partial charge in [0, 0.05) is 16.4 Å². The van der Waals surface area contributed by atoms with Gasteiger partial charge in [0.1, 0.15) is 11.3 Å². The third-order valence-corrected chi connectivity index (χ3v) is 4.27. The van der Waals surface area contributed by atoms with Gasteiger partial charge in [0.15, 0.2) is 0 Å². The molecular formula is C17H13BrF3N3O. The normalized spacial score (nSPS) is 11.8. The van der Waals surface area contributed by atoms with E-state index in [9.17, 15) is 18.0 Å². The lowest BCUT2D eigenvalue weighted by Crippen LogP contribution is -2.17. The maximum atomic E-state index is 13.0. The number of rotatable bonds is 2. The average Bonchev–Trinajstić information content (AvgIpc) is 2.84. The van der Waals surface area contributed by atoms with Gasteiger partial charge in [0.05, 0.1) is 11.3 Å². The molecule has 0 atom stereocenters. The second-order valence-corrected chi connectivity index (χ2v) is 6.52. The molecule has 1 aromatic carbocycles. The monoisotopic (exact) mass is 411 g/mol. The number of benzene rings is 1. The Hall–Kier alpha value is -2.35. The van der Waals surface area contributed by atoms with Gasteiger partial charge in [-0.15, -0.1) is 0 Å². The van der Waals surface area contributed by atoms with Crippen LogP contribution in [0.2, 0.25) is 0 Å². The molecule has 0 radical (unpaired) electrons. The molecule has 1 N–H and O–H groups in total. The molecule has 4 nitrogen and oxygen atoms in total. The fourth-order valence-electron chi connectivity index (χ4n) is 2.55. The minimum atomic E-state index is -4.50. The maximum absolute atomic E-state index is 13.0. The SMILES string of the molecule is Cc1cc(Br)ccc1NC(=O)c1c(C)nc2ccc(C(F)(F)F)cn12. The van der Waals surface area contributed by atoms with Gasteiger partial charge in [-0.25, -0.2) is 4.98 Å². The number of anilines is 1. The molecular weight excluding hydrogens is 399 g/mol. The van der Waals surface area contributed by atoms with Gasteiger partial charge in [-0.05, 0) is 49.7 Å². The summed E-state index contributed by atoms with van der Waals surface area (Å²) in [7, 11) is 0. The third kappa shape index (κ3) is 3.39. The van der Waals surface area contributed by atoms with Crippen molar-refractivity contribution in [3.63, 3.8) is 0 Å². The molecule has 2 aromatic heterocycles. The first-order chi connectivity index (χ1) is 11.7. The zero-order valence-electron chi connectivity index (χ0n) is 13.3. The van der Waals surface area contributed by atoms with Crippen LogP contribution in [0.25, 0.3) is 5.65 Å². The summed E-state index contributed by atoms with van der Waals surface area (Å²) in [5.41, 5.74) is 1.27. The molecule has 0 saturated heterocycles. The van der Waals surface area contributed by atoms with Gasteiger partial charge >= 0.3 is 6.18 Å². The van der Waals surface area contributed by atoms with E-state index in [4.69, 9.17) is 0 Å². The number of carbonyl (C=O) groups excluding carboxylic acids is 1. The summed E-state index contributed by atoms with van der Waals surface area (Å²) in [5.74, 6) is -0.519. The van der Waals surface area contributed by atoms with Crippen molar-refractivity contribution in [1.82, 2.24) is 9.38 Å². The van der Waals surface area contributed by atoms with Gasteiger partial charge < -0.3 is 5.32 Å². The van der Waals surface area contributed by atoms with Crippen molar-refractivity contribution in [1.29, 1.82) is 0 Å². The van der Waals surface area contributed by atoms with E-state index in [1.54, 1.807) is 19.1 Å². The van der Waals surface area contributed by atoms with Crippen molar-refractivity contribution in [3.05, 3.63) is 63.5 Å². The number of nitrogens with zero attached hydrogens (tertiary/aromatic N) is 2. The van der Waals surface area contributed by atoms with Gasteiger partial charge in [0.2, 0.25) is 0 Å². The Labute approximate surface area is 149 Å². The van der Waals surface area contributed by atoms with Crippen LogP contribution >= 0.6 is 15.9 Å². The Morgan fingerprint density at radius 1 is 1.20 bits per heavy atom. The van der Waals surface area contributed by atoms with E-state index >= 15 is 0 Å². The standard InChI is InChI=1S/C17H13BrF3N3O/c1-9-7-12(18)4-5-13(9)23-16(25)15-10(2)22-14-6-3-11(8-24(14)15)17(19,20)21/h3-8H,1-2H3,(H,23,25). The molecule has 0 aliphatic carbocycles. The first-order valence-corrected chi connectivity index (χ1v) is 8.09. The van der Waals surface area contributed by atoms with E-state index in [1.807, 2.05) is 13.0 Å². The second kappa shape index (κ2) is 6.18. The molecule has 0 aliphatic heterocycles. The molecule has 3 rings (SSSR count). The van der Waals surface area contributed by atoms with Crippen molar-refractivity contribution in [2.45, 2.75) is 20.0 Å². The van der Waals surface area contributed by atoms with E-state index in [0.29, 0.717) is 11.4 Å². The predicted octanol–water partition coefficient (Wildman–Crippen LogP) is 4.98. The van der Waals surface area contributed by atoms with E-state index in [-0.39, 0.29) is 11.3 Å². The Bertz CT molecular complexity index is 979. The lowest BCUT2D eigenvalue weighted by Gasteiger charge is -2.11. The number of hydrogen-bond donors (Lipinski definition) is 1. The smallest absolute Gasteiger partial charge is 0.320 e. The zero-order valence-corrected chi connectivity index (χ0v) is 14.9. The van der Waals surface area contributed by atoms with Crippen LogP contribution in [0.3, 0.4) is 0 Å². The van der Waals surface area contributed by atoms with E-state index in [0.717, 1.165) is 22.3 Å². The average molecular weight is 412 g/mol. The Kier molecular flexibility index (Phi) is 4.32.